The standard InChI is InChI=1S/C15H18/c1-12(2)10-13-8-9-15(11-13)14-6-4-3-5-7-14/h3-8,11-12H,9-10H2,1-2H3. The Morgan fingerprint density at radius 2 is 1.87 bits per heavy atom. The van der Waals surface area contributed by atoms with Crippen molar-refractivity contribution in [1.29, 1.82) is 0 Å². The van der Waals surface area contributed by atoms with Gasteiger partial charge in [0.25, 0.3) is 0 Å². The van der Waals surface area contributed by atoms with E-state index in [1.54, 1.807) is 0 Å². The summed E-state index contributed by atoms with van der Waals surface area (Å²) in [5.74, 6) is 0.752. The van der Waals surface area contributed by atoms with Gasteiger partial charge in [0.05, 0.1) is 0 Å². The van der Waals surface area contributed by atoms with Gasteiger partial charge in [-0.1, -0.05) is 61.9 Å². The van der Waals surface area contributed by atoms with Gasteiger partial charge in [0.15, 0.2) is 0 Å². The molecule has 0 amide bonds. The van der Waals surface area contributed by atoms with Crippen molar-refractivity contribution in [3.8, 4) is 0 Å². The molecule has 0 aliphatic heterocycles. The zero-order chi connectivity index (χ0) is 10.7. The van der Waals surface area contributed by atoms with Crippen LogP contribution in [0.1, 0.15) is 32.3 Å². The minimum Gasteiger partial charge on any atom is -0.0769 e. The summed E-state index contributed by atoms with van der Waals surface area (Å²) in [7, 11) is 0. The van der Waals surface area contributed by atoms with E-state index in [0.29, 0.717) is 0 Å². The number of benzene rings is 1. The van der Waals surface area contributed by atoms with Gasteiger partial charge in [0.1, 0.15) is 0 Å². The van der Waals surface area contributed by atoms with E-state index in [2.05, 4.69) is 56.3 Å². The van der Waals surface area contributed by atoms with Crippen LogP contribution in [0.2, 0.25) is 0 Å². The largest absolute Gasteiger partial charge is 0.0769 e. The first-order chi connectivity index (χ1) is 7.25. The van der Waals surface area contributed by atoms with E-state index < -0.39 is 0 Å². The highest BCUT2D eigenvalue weighted by Gasteiger charge is 2.09. The number of hydrogen-bond donors (Lipinski definition) is 0. The van der Waals surface area contributed by atoms with Crippen molar-refractivity contribution in [3.05, 3.63) is 53.6 Å². The van der Waals surface area contributed by atoms with E-state index in [0.717, 1.165) is 12.3 Å². The Balaban J connectivity index is 2.10. The van der Waals surface area contributed by atoms with E-state index in [1.165, 1.54) is 23.1 Å². The lowest BCUT2D eigenvalue weighted by atomic mass is 10.0. The van der Waals surface area contributed by atoms with Crippen LogP contribution in [0.4, 0.5) is 0 Å². The Morgan fingerprint density at radius 3 is 2.53 bits per heavy atom. The van der Waals surface area contributed by atoms with Crippen molar-refractivity contribution in [2.45, 2.75) is 26.7 Å². The molecule has 0 heterocycles. The first-order valence-electron chi connectivity index (χ1n) is 5.71. The smallest absolute Gasteiger partial charge is 0.00856 e. The van der Waals surface area contributed by atoms with Crippen molar-refractivity contribution in [3.63, 3.8) is 0 Å². The zero-order valence-electron chi connectivity index (χ0n) is 9.53. The fourth-order valence-electron chi connectivity index (χ4n) is 2.05. The molecular formula is C15H18. The van der Waals surface area contributed by atoms with Gasteiger partial charge in [0, 0.05) is 0 Å². The van der Waals surface area contributed by atoms with Crippen molar-refractivity contribution in [2.24, 2.45) is 5.92 Å². The molecule has 1 aliphatic carbocycles. The lowest BCUT2D eigenvalue weighted by molar-refractivity contribution is 0.650. The number of rotatable bonds is 3. The molecule has 1 aromatic carbocycles. The molecule has 2 rings (SSSR count). The molecule has 0 saturated carbocycles. The van der Waals surface area contributed by atoms with Gasteiger partial charge in [-0.3, -0.25) is 0 Å². The van der Waals surface area contributed by atoms with Crippen LogP contribution in [0.15, 0.2) is 48.1 Å². The molecule has 0 saturated heterocycles. The maximum atomic E-state index is 2.36. The average molecular weight is 198 g/mol. The SMILES string of the molecule is CC(C)CC1=CCC(c2ccccc2)=C1. The van der Waals surface area contributed by atoms with E-state index in [-0.39, 0.29) is 0 Å². The van der Waals surface area contributed by atoms with Crippen molar-refractivity contribution in [1.82, 2.24) is 0 Å². The Labute approximate surface area is 92.3 Å². The lowest BCUT2D eigenvalue weighted by Crippen LogP contribution is -1.87. The molecule has 0 nitrogen and oxygen atoms in total. The van der Waals surface area contributed by atoms with Crippen LogP contribution in [-0.2, 0) is 0 Å². The average Bonchev–Trinajstić information content (AvgIpc) is 2.67. The highest BCUT2D eigenvalue weighted by atomic mass is 14.1. The van der Waals surface area contributed by atoms with Gasteiger partial charge in [0.2, 0.25) is 0 Å². The molecule has 1 aromatic rings. The Bertz CT molecular complexity index is 380. The molecule has 0 radical (unpaired) electrons. The molecule has 0 bridgehead atoms. The maximum Gasteiger partial charge on any atom is -0.00856 e. The first-order valence-corrected chi connectivity index (χ1v) is 5.71. The fraction of sp³-hybridized carbons (Fsp3) is 0.333. The van der Waals surface area contributed by atoms with Crippen molar-refractivity contribution in [2.75, 3.05) is 0 Å². The quantitative estimate of drug-likeness (QED) is 0.673. The predicted molar refractivity (Wildman–Crippen MR) is 66.6 cm³/mol. The summed E-state index contributed by atoms with van der Waals surface area (Å²) in [6, 6.07) is 10.7. The number of allylic oxidation sites excluding steroid dienone is 4. The molecule has 0 unspecified atom stereocenters. The molecule has 78 valence electrons. The lowest BCUT2D eigenvalue weighted by Gasteiger charge is -2.03. The molecule has 0 heteroatoms. The summed E-state index contributed by atoms with van der Waals surface area (Å²) < 4.78 is 0. The second kappa shape index (κ2) is 4.48. The third kappa shape index (κ3) is 2.59. The molecule has 0 N–H and O–H groups in total. The molecule has 1 aliphatic rings. The summed E-state index contributed by atoms with van der Waals surface area (Å²) in [6.45, 7) is 4.55. The van der Waals surface area contributed by atoms with Crippen LogP contribution >= 0.6 is 0 Å². The Hall–Kier alpha value is -1.30. The van der Waals surface area contributed by atoms with Crippen LogP contribution in [0.25, 0.3) is 5.57 Å². The summed E-state index contributed by atoms with van der Waals surface area (Å²) in [6.07, 6.45) is 7.03. The third-order valence-electron chi connectivity index (χ3n) is 2.73. The highest BCUT2D eigenvalue weighted by Crippen LogP contribution is 2.29. The van der Waals surface area contributed by atoms with Crippen LogP contribution < -0.4 is 0 Å². The molecule has 0 fully saturated rings. The van der Waals surface area contributed by atoms with E-state index in [1.807, 2.05) is 0 Å². The second-order valence-electron chi connectivity index (χ2n) is 4.62. The van der Waals surface area contributed by atoms with Gasteiger partial charge in [-0.25, -0.2) is 0 Å². The van der Waals surface area contributed by atoms with Gasteiger partial charge in [-0.05, 0) is 29.9 Å². The minimum absolute atomic E-state index is 0.752. The van der Waals surface area contributed by atoms with Gasteiger partial charge in [-0.15, -0.1) is 0 Å². The fourth-order valence-corrected chi connectivity index (χ4v) is 2.05. The minimum atomic E-state index is 0.752. The van der Waals surface area contributed by atoms with Crippen molar-refractivity contribution < 1.29 is 0 Å². The first kappa shape index (κ1) is 10.2. The van der Waals surface area contributed by atoms with Crippen LogP contribution in [0.3, 0.4) is 0 Å². The van der Waals surface area contributed by atoms with Gasteiger partial charge in [-0.2, -0.15) is 0 Å². The monoisotopic (exact) mass is 198 g/mol. The maximum absolute atomic E-state index is 2.36. The van der Waals surface area contributed by atoms with Crippen LogP contribution in [0, 0.1) is 5.92 Å². The Kier molecular flexibility index (Phi) is 3.05. The topological polar surface area (TPSA) is 0 Å². The van der Waals surface area contributed by atoms with Crippen LogP contribution in [-0.4, -0.2) is 0 Å². The molecule has 0 atom stereocenters. The van der Waals surface area contributed by atoms with E-state index >= 15 is 0 Å². The third-order valence-corrected chi connectivity index (χ3v) is 2.73. The summed E-state index contributed by atoms with van der Waals surface area (Å²) >= 11 is 0. The highest BCUT2D eigenvalue weighted by molar-refractivity contribution is 5.72. The zero-order valence-corrected chi connectivity index (χ0v) is 9.53. The molecule has 0 aromatic heterocycles. The van der Waals surface area contributed by atoms with E-state index in [9.17, 15) is 0 Å². The molecular weight excluding hydrogens is 180 g/mol. The van der Waals surface area contributed by atoms with Crippen molar-refractivity contribution >= 4 is 5.57 Å². The number of hydrogen-bond acceptors (Lipinski definition) is 0. The van der Waals surface area contributed by atoms with E-state index in [4.69, 9.17) is 0 Å². The Morgan fingerprint density at radius 1 is 1.13 bits per heavy atom. The van der Waals surface area contributed by atoms with Gasteiger partial charge >= 0.3 is 0 Å². The summed E-state index contributed by atoms with van der Waals surface area (Å²) in [5.41, 5.74) is 4.34. The molecule has 0 spiro atoms. The summed E-state index contributed by atoms with van der Waals surface area (Å²) in [4.78, 5) is 0. The second-order valence-corrected chi connectivity index (χ2v) is 4.62. The van der Waals surface area contributed by atoms with Gasteiger partial charge < -0.3 is 0 Å². The predicted octanol–water partition coefficient (Wildman–Crippen LogP) is 4.45. The molecule has 15 heavy (non-hydrogen) atoms. The summed E-state index contributed by atoms with van der Waals surface area (Å²) in [5, 5.41) is 0. The normalized spacial score (nSPS) is 15.4. The van der Waals surface area contributed by atoms with Crippen LogP contribution in [0.5, 0.6) is 0 Å².